The van der Waals surface area contributed by atoms with Crippen LogP contribution in [0.2, 0.25) is 0 Å². The molecule has 4 rings (SSSR count). The van der Waals surface area contributed by atoms with Crippen molar-refractivity contribution in [1.82, 2.24) is 4.90 Å². The van der Waals surface area contributed by atoms with Gasteiger partial charge in [0.1, 0.15) is 11.8 Å². The molecular formula is C27H27N3O4. The molecule has 0 saturated carbocycles. The lowest BCUT2D eigenvalue weighted by atomic mass is 10.1. The van der Waals surface area contributed by atoms with Gasteiger partial charge in [-0.05, 0) is 53.9 Å². The number of ether oxygens (including phenoxy) is 1. The molecule has 1 atom stereocenters. The summed E-state index contributed by atoms with van der Waals surface area (Å²) in [6.45, 7) is 2.26. The Hall–Kier alpha value is -4.13. The number of hydrogen-bond donors (Lipinski definition) is 1. The van der Waals surface area contributed by atoms with Gasteiger partial charge in [-0.2, -0.15) is 0 Å². The molecule has 34 heavy (non-hydrogen) atoms. The fourth-order valence-corrected chi connectivity index (χ4v) is 3.97. The Labute approximate surface area is 198 Å². The number of methoxy groups -OCH3 is 1. The third-order valence-electron chi connectivity index (χ3n) is 5.87. The molecule has 4 amide bonds. The van der Waals surface area contributed by atoms with Gasteiger partial charge in [-0.1, -0.05) is 49.4 Å². The largest absolute Gasteiger partial charge is 0.497 e. The topological polar surface area (TPSA) is 79.0 Å². The van der Waals surface area contributed by atoms with Gasteiger partial charge in [0, 0.05) is 12.2 Å². The second kappa shape index (κ2) is 10.2. The van der Waals surface area contributed by atoms with Crippen LogP contribution in [0.3, 0.4) is 0 Å². The Morgan fingerprint density at radius 2 is 1.56 bits per heavy atom. The second-order valence-electron chi connectivity index (χ2n) is 8.09. The number of rotatable bonds is 8. The highest BCUT2D eigenvalue weighted by Crippen LogP contribution is 2.29. The summed E-state index contributed by atoms with van der Waals surface area (Å²) in [5.74, 6) is -0.0465. The predicted octanol–water partition coefficient (Wildman–Crippen LogP) is 4.62. The van der Waals surface area contributed by atoms with Crippen LogP contribution in [0, 0.1) is 0 Å². The maximum absolute atomic E-state index is 13.4. The number of carbonyl (C=O) groups excluding carboxylic acids is 3. The number of anilines is 2. The third kappa shape index (κ3) is 4.93. The van der Waals surface area contributed by atoms with Crippen molar-refractivity contribution >= 4 is 29.2 Å². The Morgan fingerprint density at radius 1 is 0.912 bits per heavy atom. The van der Waals surface area contributed by atoms with Crippen molar-refractivity contribution in [2.75, 3.05) is 17.3 Å². The van der Waals surface area contributed by atoms with Crippen molar-refractivity contribution in [1.29, 1.82) is 0 Å². The average molecular weight is 458 g/mol. The van der Waals surface area contributed by atoms with Crippen LogP contribution in [0.4, 0.5) is 16.2 Å². The number of aryl methyl sites for hydroxylation is 1. The highest BCUT2D eigenvalue weighted by Gasteiger charge is 2.46. The highest BCUT2D eigenvalue weighted by atomic mass is 16.5. The molecule has 1 heterocycles. The van der Waals surface area contributed by atoms with Crippen molar-refractivity contribution < 1.29 is 19.1 Å². The van der Waals surface area contributed by atoms with E-state index in [9.17, 15) is 14.4 Å². The number of nitrogens with zero attached hydrogens (tertiary/aromatic N) is 2. The molecule has 3 aromatic rings. The van der Waals surface area contributed by atoms with Crippen molar-refractivity contribution in [3.05, 3.63) is 90.0 Å². The quantitative estimate of drug-likeness (QED) is 0.501. The van der Waals surface area contributed by atoms with Gasteiger partial charge in [-0.3, -0.25) is 9.59 Å². The van der Waals surface area contributed by atoms with E-state index in [1.807, 2.05) is 42.5 Å². The zero-order valence-corrected chi connectivity index (χ0v) is 19.2. The molecule has 0 spiro atoms. The maximum Gasteiger partial charge on any atom is 0.332 e. The normalized spacial score (nSPS) is 15.5. The summed E-state index contributed by atoms with van der Waals surface area (Å²) in [6, 6.07) is 22.3. The summed E-state index contributed by atoms with van der Waals surface area (Å²) < 4.78 is 5.20. The number of urea groups is 1. The van der Waals surface area contributed by atoms with E-state index in [0.717, 1.165) is 16.9 Å². The zero-order chi connectivity index (χ0) is 24.1. The van der Waals surface area contributed by atoms with Gasteiger partial charge in [0.2, 0.25) is 5.91 Å². The predicted molar refractivity (Wildman–Crippen MR) is 131 cm³/mol. The van der Waals surface area contributed by atoms with Gasteiger partial charge in [0.05, 0.1) is 19.2 Å². The van der Waals surface area contributed by atoms with E-state index in [-0.39, 0.29) is 18.9 Å². The van der Waals surface area contributed by atoms with E-state index in [2.05, 4.69) is 12.2 Å². The first-order valence-corrected chi connectivity index (χ1v) is 11.2. The first-order valence-electron chi connectivity index (χ1n) is 11.2. The van der Waals surface area contributed by atoms with Crippen molar-refractivity contribution in [2.45, 2.75) is 32.4 Å². The SMILES string of the molecule is CCc1ccc(NC(=O)C[C@H]2C(=O)N(c3ccccc3)C(=O)N2Cc2ccc(OC)cc2)cc1. The van der Waals surface area contributed by atoms with E-state index in [1.165, 1.54) is 10.5 Å². The molecule has 1 aliphatic rings. The lowest BCUT2D eigenvalue weighted by molar-refractivity contribution is -0.124. The van der Waals surface area contributed by atoms with Gasteiger partial charge in [0.15, 0.2) is 0 Å². The summed E-state index contributed by atoms with van der Waals surface area (Å²) in [4.78, 5) is 42.2. The number of hydrogen-bond acceptors (Lipinski definition) is 4. The molecule has 7 heteroatoms. The smallest absolute Gasteiger partial charge is 0.332 e. The van der Waals surface area contributed by atoms with Crippen LogP contribution in [0.15, 0.2) is 78.9 Å². The van der Waals surface area contributed by atoms with Crippen LogP contribution in [-0.4, -0.2) is 35.9 Å². The number of imide groups is 1. The lowest BCUT2D eigenvalue weighted by Crippen LogP contribution is -2.37. The van der Waals surface area contributed by atoms with Crippen LogP contribution in [0.5, 0.6) is 5.75 Å². The van der Waals surface area contributed by atoms with Crippen LogP contribution in [-0.2, 0) is 22.6 Å². The summed E-state index contributed by atoms with van der Waals surface area (Å²) in [5.41, 5.74) is 3.13. The second-order valence-corrected chi connectivity index (χ2v) is 8.09. The monoisotopic (exact) mass is 457 g/mol. The minimum absolute atomic E-state index is 0.139. The Bertz CT molecular complexity index is 1160. The lowest BCUT2D eigenvalue weighted by Gasteiger charge is -2.22. The summed E-state index contributed by atoms with van der Waals surface area (Å²) in [7, 11) is 1.58. The van der Waals surface area contributed by atoms with E-state index in [4.69, 9.17) is 4.74 Å². The summed E-state index contributed by atoms with van der Waals surface area (Å²) >= 11 is 0. The fourth-order valence-electron chi connectivity index (χ4n) is 3.97. The number of nitrogens with one attached hydrogen (secondary N) is 1. The molecule has 3 aromatic carbocycles. The van der Waals surface area contributed by atoms with Crippen LogP contribution < -0.4 is 15.0 Å². The standard InChI is InChI=1S/C27H27N3O4/c1-3-19-9-13-21(14-10-19)28-25(31)17-24-26(32)30(22-7-5-4-6-8-22)27(33)29(24)18-20-11-15-23(34-2)16-12-20/h4-16,24H,3,17-18H2,1-2H3,(H,28,31)/t24-/m0/s1. The Kier molecular flexibility index (Phi) is 6.92. The van der Waals surface area contributed by atoms with Crippen LogP contribution in [0.1, 0.15) is 24.5 Å². The number of para-hydroxylation sites is 1. The van der Waals surface area contributed by atoms with Crippen molar-refractivity contribution in [3.63, 3.8) is 0 Å². The fraction of sp³-hybridized carbons (Fsp3) is 0.222. The van der Waals surface area contributed by atoms with Crippen molar-refractivity contribution in [3.8, 4) is 5.75 Å². The van der Waals surface area contributed by atoms with E-state index < -0.39 is 18.0 Å². The molecule has 7 nitrogen and oxygen atoms in total. The molecule has 1 fully saturated rings. The van der Waals surface area contributed by atoms with Gasteiger partial charge in [-0.25, -0.2) is 9.69 Å². The van der Waals surface area contributed by atoms with Gasteiger partial charge < -0.3 is 15.0 Å². The molecule has 0 unspecified atom stereocenters. The zero-order valence-electron chi connectivity index (χ0n) is 19.2. The van der Waals surface area contributed by atoms with Crippen molar-refractivity contribution in [2.24, 2.45) is 0 Å². The van der Waals surface area contributed by atoms with E-state index in [0.29, 0.717) is 17.1 Å². The molecule has 0 aromatic heterocycles. The summed E-state index contributed by atoms with van der Waals surface area (Å²) in [5, 5.41) is 2.85. The number of carbonyl (C=O) groups is 3. The Balaban J connectivity index is 1.56. The van der Waals surface area contributed by atoms with E-state index >= 15 is 0 Å². The minimum Gasteiger partial charge on any atom is -0.497 e. The first-order chi connectivity index (χ1) is 16.5. The Morgan fingerprint density at radius 3 is 2.18 bits per heavy atom. The third-order valence-corrected chi connectivity index (χ3v) is 5.87. The van der Waals surface area contributed by atoms with Gasteiger partial charge >= 0.3 is 6.03 Å². The van der Waals surface area contributed by atoms with E-state index in [1.54, 1.807) is 43.5 Å². The number of benzene rings is 3. The van der Waals surface area contributed by atoms with Crippen LogP contribution >= 0.6 is 0 Å². The molecule has 1 aliphatic heterocycles. The molecule has 1 saturated heterocycles. The molecule has 1 N–H and O–H groups in total. The maximum atomic E-state index is 13.4. The number of amides is 4. The average Bonchev–Trinajstić information content (AvgIpc) is 3.09. The van der Waals surface area contributed by atoms with Gasteiger partial charge in [0.25, 0.3) is 5.91 Å². The first kappa shape index (κ1) is 23.0. The highest BCUT2D eigenvalue weighted by molar-refractivity contribution is 6.22. The molecule has 0 bridgehead atoms. The van der Waals surface area contributed by atoms with Crippen LogP contribution in [0.25, 0.3) is 0 Å². The molecule has 0 radical (unpaired) electrons. The summed E-state index contributed by atoms with van der Waals surface area (Å²) in [6.07, 6.45) is 0.766. The molecular weight excluding hydrogens is 430 g/mol. The molecule has 0 aliphatic carbocycles. The minimum atomic E-state index is -0.912. The van der Waals surface area contributed by atoms with Gasteiger partial charge in [-0.15, -0.1) is 0 Å². The molecule has 174 valence electrons.